The van der Waals surface area contributed by atoms with Crippen molar-refractivity contribution in [1.29, 1.82) is 0 Å². The van der Waals surface area contributed by atoms with Crippen molar-refractivity contribution >= 4 is 12.0 Å². The molecule has 2 rings (SSSR count). The highest BCUT2D eigenvalue weighted by molar-refractivity contribution is 5.98. The van der Waals surface area contributed by atoms with Gasteiger partial charge in [-0.2, -0.15) is 5.01 Å². The second-order valence-corrected chi connectivity index (χ2v) is 4.68. The van der Waals surface area contributed by atoms with E-state index >= 15 is 0 Å². The summed E-state index contributed by atoms with van der Waals surface area (Å²) < 4.78 is 5.43. The van der Waals surface area contributed by atoms with Gasteiger partial charge in [0.05, 0.1) is 6.04 Å². The highest BCUT2D eigenvalue weighted by Crippen LogP contribution is 2.30. The van der Waals surface area contributed by atoms with E-state index in [1.54, 1.807) is 25.1 Å². The van der Waals surface area contributed by atoms with Crippen LogP contribution >= 0.6 is 0 Å². The maximum absolute atomic E-state index is 12.1. The first-order valence-electron chi connectivity index (χ1n) is 6.51. The molecular weight excluding hydrogens is 256 g/mol. The summed E-state index contributed by atoms with van der Waals surface area (Å²) in [6.07, 6.45) is 1.90. The third kappa shape index (κ3) is 2.58. The molecule has 2 amide bonds. The SMILES string of the molecule is C/C=C/C(=O)N1C(=O)O[C@@H](c2ccccc2)[C@H](C)N1C. The van der Waals surface area contributed by atoms with Gasteiger partial charge >= 0.3 is 6.09 Å². The molecule has 0 radical (unpaired) electrons. The number of likely N-dealkylation sites (N-methyl/N-ethyl adjacent to an activating group) is 1. The zero-order valence-electron chi connectivity index (χ0n) is 11.8. The average molecular weight is 274 g/mol. The summed E-state index contributed by atoms with van der Waals surface area (Å²) in [7, 11) is 1.71. The molecule has 2 atom stereocenters. The normalized spacial score (nSPS) is 23.9. The maximum Gasteiger partial charge on any atom is 0.432 e. The molecule has 1 aliphatic heterocycles. The van der Waals surface area contributed by atoms with Gasteiger partial charge < -0.3 is 4.74 Å². The first kappa shape index (κ1) is 14.3. The van der Waals surface area contributed by atoms with Crippen LogP contribution in [0.2, 0.25) is 0 Å². The smallest absolute Gasteiger partial charge is 0.432 e. The standard InChI is InChI=1S/C15H18N2O3/c1-4-8-13(18)17-15(19)20-14(11(2)16(17)3)12-9-6-5-7-10-12/h4-11,14H,1-3H3/b8-4+/t11-,14+/m0/s1. The molecule has 5 heteroatoms. The van der Waals surface area contributed by atoms with Gasteiger partial charge in [-0.25, -0.2) is 9.80 Å². The van der Waals surface area contributed by atoms with Crippen molar-refractivity contribution in [2.45, 2.75) is 26.0 Å². The molecule has 0 aliphatic carbocycles. The summed E-state index contributed by atoms with van der Waals surface area (Å²) in [4.78, 5) is 24.0. The molecule has 0 unspecified atom stereocenters. The Morgan fingerprint density at radius 2 is 1.95 bits per heavy atom. The minimum atomic E-state index is -0.650. The quantitative estimate of drug-likeness (QED) is 0.778. The number of allylic oxidation sites excluding steroid dienone is 1. The van der Waals surface area contributed by atoms with Crippen LogP contribution in [0.15, 0.2) is 42.5 Å². The molecule has 1 aliphatic rings. The summed E-state index contributed by atoms with van der Waals surface area (Å²) in [5.41, 5.74) is 0.915. The fraction of sp³-hybridized carbons (Fsp3) is 0.333. The van der Waals surface area contributed by atoms with Crippen LogP contribution in [-0.4, -0.2) is 35.1 Å². The minimum absolute atomic E-state index is 0.135. The van der Waals surface area contributed by atoms with E-state index in [0.29, 0.717) is 0 Å². The lowest BCUT2D eigenvalue weighted by molar-refractivity contribution is -0.157. The Bertz CT molecular complexity index is 527. The van der Waals surface area contributed by atoms with E-state index < -0.39 is 12.0 Å². The number of ether oxygens (including phenoxy) is 1. The van der Waals surface area contributed by atoms with Gasteiger partial charge in [0.2, 0.25) is 0 Å². The Balaban J connectivity index is 2.25. The number of cyclic esters (lactones) is 1. The van der Waals surface area contributed by atoms with Crippen LogP contribution in [0.3, 0.4) is 0 Å². The van der Waals surface area contributed by atoms with E-state index in [1.807, 2.05) is 37.3 Å². The molecule has 1 heterocycles. The minimum Gasteiger partial charge on any atom is -0.438 e. The zero-order chi connectivity index (χ0) is 14.7. The first-order valence-corrected chi connectivity index (χ1v) is 6.51. The van der Waals surface area contributed by atoms with Crippen molar-refractivity contribution < 1.29 is 14.3 Å². The van der Waals surface area contributed by atoms with Crippen molar-refractivity contribution in [3.8, 4) is 0 Å². The summed E-state index contributed by atoms with van der Waals surface area (Å²) in [6.45, 7) is 3.64. The lowest BCUT2D eigenvalue weighted by Gasteiger charge is -2.42. The van der Waals surface area contributed by atoms with E-state index in [9.17, 15) is 9.59 Å². The van der Waals surface area contributed by atoms with Gasteiger partial charge in [0, 0.05) is 13.1 Å². The monoisotopic (exact) mass is 274 g/mol. The Kier molecular flexibility index (Phi) is 4.20. The fourth-order valence-corrected chi connectivity index (χ4v) is 2.21. The Morgan fingerprint density at radius 1 is 1.30 bits per heavy atom. The molecule has 0 bridgehead atoms. The second-order valence-electron chi connectivity index (χ2n) is 4.68. The molecule has 0 N–H and O–H groups in total. The summed E-state index contributed by atoms with van der Waals surface area (Å²) >= 11 is 0. The van der Waals surface area contributed by atoms with Gasteiger partial charge in [0.1, 0.15) is 6.10 Å². The molecule has 1 fully saturated rings. The van der Waals surface area contributed by atoms with Gasteiger partial charge in [-0.05, 0) is 19.4 Å². The van der Waals surface area contributed by atoms with Crippen LogP contribution in [0.1, 0.15) is 25.5 Å². The number of benzene rings is 1. The number of hydrogen-bond donors (Lipinski definition) is 0. The highest BCUT2D eigenvalue weighted by Gasteiger charge is 2.40. The molecule has 1 saturated heterocycles. The lowest BCUT2D eigenvalue weighted by atomic mass is 10.0. The lowest BCUT2D eigenvalue weighted by Crippen LogP contribution is -2.57. The van der Waals surface area contributed by atoms with E-state index in [1.165, 1.54) is 6.08 Å². The topological polar surface area (TPSA) is 49.9 Å². The first-order chi connectivity index (χ1) is 9.56. The molecule has 106 valence electrons. The Labute approximate surface area is 118 Å². The van der Waals surface area contributed by atoms with Crippen molar-refractivity contribution in [1.82, 2.24) is 10.0 Å². The third-order valence-electron chi connectivity index (χ3n) is 3.39. The predicted molar refractivity (Wildman–Crippen MR) is 74.5 cm³/mol. The van der Waals surface area contributed by atoms with Gasteiger partial charge in [0.25, 0.3) is 5.91 Å². The van der Waals surface area contributed by atoms with Gasteiger partial charge in [-0.15, -0.1) is 0 Å². The van der Waals surface area contributed by atoms with E-state index in [2.05, 4.69) is 0 Å². The largest absolute Gasteiger partial charge is 0.438 e. The molecule has 0 spiro atoms. The van der Waals surface area contributed by atoms with Crippen molar-refractivity contribution in [2.75, 3.05) is 7.05 Å². The van der Waals surface area contributed by atoms with Crippen LogP contribution < -0.4 is 0 Å². The summed E-state index contributed by atoms with van der Waals surface area (Å²) in [5, 5.41) is 2.63. The third-order valence-corrected chi connectivity index (χ3v) is 3.39. The zero-order valence-corrected chi connectivity index (χ0v) is 11.8. The van der Waals surface area contributed by atoms with Gasteiger partial charge in [-0.1, -0.05) is 36.4 Å². The van der Waals surface area contributed by atoms with Crippen molar-refractivity contribution in [3.63, 3.8) is 0 Å². The molecule has 20 heavy (non-hydrogen) atoms. The number of imide groups is 1. The number of hydrazine groups is 1. The van der Waals surface area contributed by atoms with Crippen LogP contribution in [0, 0.1) is 0 Å². The molecule has 1 aromatic rings. The van der Waals surface area contributed by atoms with Gasteiger partial charge in [-0.3, -0.25) is 4.79 Å². The van der Waals surface area contributed by atoms with E-state index in [0.717, 1.165) is 10.6 Å². The molecule has 0 saturated carbocycles. The Morgan fingerprint density at radius 3 is 2.55 bits per heavy atom. The van der Waals surface area contributed by atoms with Crippen LogP contribution in [0.4, 0.5) is 4.79 Å². The predicted octanol–water partition coefficient (Wildman–Crippen LogP) is 2.52. The number of carbonyl (C=O) groups excluding carboxylic acids is 2. The van der Waals surface area contributed by atoms with Crippen LogP contribution in [-0.2, 0) is 9.53 Å². The maximum atomic E-state index is 12.1. The van der Waals surface area contributed by atoms with Crippen molar-refractivity contribution in [3.05, 3.63) is 48.0 Å². The highest BCUT2D eigenvalue weighted by atomic mass is 16.6. The van der Waals surface area contributed by atoms with Gasteiger partial charge in [0.15, 0.2) is 0 Å². The number of amides is 2. The number of nitrogens with zero attached hydrogens (tertiary/aromatic N) is 2. The molecular formula is C15H18N2O3. The molecule has 1 aromatic carbocycles. The fourth-order valence-electron chi connectivity index (χ4n) is 2.21. The van der Waals surface area contributed by atoms with Crippen LogP contribution in [0.5, 0.6) is 0 Å². The average Bonchev–Trinajstić information content (AvgIpc) is 2.44. The van der Waals surface area contributed by atoms with Crippen LogP contribution in [0.25, 0.3) is 0 Å². The summed E-state index contributed by atoms with van der Waals surface area (Å²) in [5.74, 6) is -0.404. The van der Waals surface area contributed by atoms with Crippen molar-refractivity contribution in [2.24, 2.45) is 0 Å². The molecule has 0 aromatic heterocycles. The number of hydrogen-bond acceptors (Lipinski definition) is 4. The molecule has 5 nitrogen and oxygen atoms in total. The number of carbonyl (C=O) groups is 2. The number of rotatable bonds is 2. The summed E-state index contributed by atoms with van der Waals surface area (Å²) in [6, 6.07) is 9.38. The second kappa shape index (κ2) is 5.88. The van der Waals surface area contributed by atoms with E-state index in [4.69, 9.17) is 4.74 Å². The van der Waals surface area contributed by atoms with E-state index in [-0.39, 0.29) is 12.1 Å². The Hall–Kier alpha value is -2.14.